The molecule has 0 atom stereocenters. The summed E-state index contributed by atoms with van der Waals surface area (Å²) in [6.45, 7) is 0.0920. The van der Waals surface area contributed by atoms with Gasteiger partial charge in [0.1, 0.15) is 0 Å². The molecule has 0 spiro atoms. The summed E-state index contributed by atoms with van der Waals surface area (Å²) in [4.78, 5) is 13.9. The lowest BCUT2D eigenvalue weighted by atomic mass is 10.1. The van der Waals surface area contributed by atoms with Crippen molar-refractivity contribution in [2.45, 2.75) is 30.6 Å². The Morgan fingerprint density at radius 1 is 1.16 bits per heavy atom. The predicted octanol–water partition coefficient (Wildman–Crippen LogP) is 1.85. The van der Waals surface area contributed by atoms with Gasteiger partial charge < -0.3 is 4.84 Å². The molecule has 0 aromatic heterocycles. The van der Waals surface area contributed by atoms with Crippen LogP contribution in [0.3, 0.4) is 0 Å². The van der Waals surface area contributed by atoms with Crippen LogP contribution in [0, 0.1) is 10.1 Å². The van der Waals surface area contributed by atoms with Crippen molar-refractivity contribution in [1.29, 1.82) is 0 Å². The van der Waals surface area contributed by atoms with Crippen molar-refractivity contribution in [1.82, 2.24) is 0 Å². The first-order chi connectivity index (χ1) is 8.89. The first-order valence-electron chi connectivity index (χ1n) is 5.73. The van der Waals surface area contributed by atoms with E-state index in [2.05, 4.69) is 4.84 Å². The Bertz CT molecular complexity index is 510. The highest BCUT2D eigenvalue weighted by Gasteiger charge is 2.08. The Labute approximate surface area is 111 Å². The van der Waals surface area contributed by atoms with Crippen molar-refractivity contribution in [3.05, 3.63) is 39.9 Å². The van der Waals surface area contributed by atoms with Gasteiger partial charge in [-0.1, -0.05) is 18.6 Å². The SMILES string of the molecule is O=[N+]([O-])OCCCCCc1ccc(S(=O)(=O)O)cc1. The number of rotatable bonds is 8. The number of nitrogens with zero attached hydrogens (tertiary/aromatic N) is 1. The fourth-order valence-electron chi connectivity index (χ4n) is 1.58. The van der Waals surface area contributed by atoms with E-state index < -0.39 is 15.2 Å². The van der Waals surface area contributed by atoms with E-state index >= 15 is 0 Å². The highest BCUT2D eigenvalue weighted by molar-refractivity contribution is 7.85. The topological polar surface area (TPSA) is 107 Å². The lowest BCUT2D eigenvalue weighted by Gasteiger charge is -2.03. The number of benzene rings is 1. The standard InChI is InChI=1S/C11H15NO6S/c13-12(14)18-9-3-1-2-4-10-5-7-11(8-6-10)19(15,16)17/h5-8H,1-4,9H2,(H,15,16,17). The van der Waals surface area contributed by atoms with Gasteiger partial charge in [0.05, 0.1) is 11.5 Å². The average molecular weight is 289 g/mol. The van der Waals surface area contributed by atoms with Gasteiger partial charge in [-0.2, -0.15) is 8.42 Å². The summed E-state index contributed by atoms with van der Waals surface area (Å²) in [7, 11) is -4.14. The molecule has 0 unspecified atom stereocenters. The average Bonchev–Trinajstić information content (AvgIpc) is 2.32. The summed E-state index contributed by atoms with van der Waals surface area (Å²) >= 11 is 0. The Morgan fingerprint density at radius 2 is 1.79 bits per heavy atom. The molecule has 1 aromatic rings. The van der Waals surface area contributed by atoms with Gasteiger partial charge in [-0.25, -0.2) is 0 Å². The third-order valence-electron chi connectivity index (χ3n) is 2.53. The second-order valence-corrected chi connectivity index (χ2v) is 5.41. The fourth-order valence-corrected chi connectivity index (χ4v) is 2.06. The molecule has 1 rings (SSSR count). The molecular weight excluding hydrogens is 274 g/mol. The number of unbranched alkanes of at least 4 members (excludes halogenated alkanes) is 2. The monoisotopic (exact) mass is 289 g/mol. The number of aryl methyl sites for hydroxylation is 1. The highest BCUT2D eigenvalue weighted by Crippen LogP contribution is 2.12. The molecule has 8 heteroatoms. The maximum Gasteiger partial charge on any atom is 0.294 e. The van der Waals surface area contributed by atoms with Gasteiger partial charge in [-0.15, -0.1) is 10.1 Å². The zero-order valence-electron chi connectivity index (χ0n) is 10.2. The Morgan fingerprint density at radius 3 is 2.32 bits per heavy atom. The van der Waals surface area contributed by atoms with E-state index in [0.29, 0.717) is 6.42 Å². The lowest BCUT2D eigenvalue weighted by molar-refractivity contribution is -0.757. The van der Waals surface area contributed by atoms with E-state index in [1.54, 1.807) is 12.1 Å². The van der Waals surface area contributed by atoms with Crippen LogP contribution in [0.4, 0.5) is 0 Å². The van der Waals surface area contributed by atoms with Gasteiger partial charge in [-0.05, 0) is 37.0 Å². The molecule has 7 nitrogen and oxygen atoms in total. The molecule has 0 saturated heterocycles. The van der Waals surface area contributed by atoms with Crippen LogP contribution >= 0.6 is 0 Å². The van der Waals surface area contributed by atoms with Crippen molar-refractivity contribution in [2.24, 2.45) is 0 Å². The largest absolute Gasteiger partial charge is 0.314 e. The molecule has 0 fully saturated rings. The van der Waals surface area contributed by atoms with Crippen molar-refractivity contribution >= 4 is 10.1 Å². The molecule has 1 aromatic carbocycles. The summed E-state index contributed by atoms with van der Waals surface area (Å²) in [6, 6.07) is 5.97. The normalized spacial score (nSPS) is 11.2. The molecule has 0 aliphatic carbocycles. The van der Waals surface area contributed by atoms with Gasteiger partial charge in [0, 0.05) is 0 Å². The maximum atomic E-state index is 10.8. The number of hydrogen-bond acceptors (Lipinski definition) is 5. The van der Waals surface area contributed by atoms with Crippen LogP contribution in [-0.2, 0) is 21.4 Å². The van der Waals surface area contributed by atoms with Gasteiger partial charge in [0.15, 0.2) is 0 Å². The molecule has 0 amide bonds. The molecule has 0 bridgehead atoms. The predicted molar refractivity (Wildman–Crippen MR) is 66.8 cm³/mol. The van der Waals surface area contributed by atoms with Crippen LogP contribution in [0.15, 0.2) is 29.2 Å². The molecule has 106 valence electrons. The zero-order valence-corrected chi connectivity index (χ0v) is 11.0. The maximum absolute atomic E-state index is 10.8. The van der Waals surface area contributed by atoms with Crippen LogP contribution in [0.2, 0.25) is 0 Å². The number of hydrogen-bond donors (Lipinski definition) is 1. The van der Waals surface area contributed by atoms with Crippen molar-refractivity contribution < 1.29 is 22.9 Å². The minimum Gasteiger partial charge on any atom is -0.314 e. The van der Waals surface area contributed by atoms with Gasteiger partial charge >= 0.3 is 0 Å². The van der Waals surface area contributed by atoms with Crippen LogP contribution in [-0.4, -0.2) is 24.7 Å². The van der Waals surface area contributed by atoms with Crippen molar-refractivity contribution in [3.63, 3.8) is 0 Å². The zero-order chi connectivity index (χ0) is 14.3. The second-order valence-electron chi connectivity index (χ2n) is 3.99. The fraction of sp³-hybridized carbons (Fsp3) is 0.455. The molecule has 0 aliphatic heterocycles. The summed E-state index contributed by atoms with van der Waals surface area (Å²) < 4.78 is 30.4. The minimum absolute atomic E-state index is 0.0920. The smallest absolute Gasteiger partial charge is 0.294 e. The third-order valence-corrected chi connectivity index (χ3v) is 3.40. The molecule has 0 saturated carbocycles. The summed E-state index contributed by atoms with van der Waals surface area (Å²) in [6.07, 6.45) is 2.95. The van der Waals surface area contributed by atoms with Gasteiger partial charge in [0.25, 0.3) is 15.2 Å². The molecule has 19 heavy (non-hydrogen) atoms. The van der Waals surface area contributed by atoms with Gasteiger partial charge in [0.2, 0.25) is 0 Å². The van der Waals surface area contributed by atoms with Gasteiger partial charge in [-0.3, -0.25) is 4.55 Å². The quantitative estimate of drug-likeness (QED) is 0.339. The summed E-state index contributed by atoms with van der Waals surface area (Å²) in [5, 5.41) is 9.07. The molecule has 0 radical (unpaired) electrons. The second kappa shape index (κ2) is 7.05. The van der Waals surface area contributed by atoms with Crippen LogP contribution in [0.1, 0.15) is 24.8 Å². The first-order valence-corrected chi connectivity index (χ1v) is 7.17. The van der Waals surface area contributed by atoms with E-state index in [9.17, 15) is 18.5 Å². The molecular formula is C11H15NO6S. The molecule has 0 aliphatic rings. The van der Waals surface area contributed by atoms with E-state index in [4.69, 9.17) is 4.55 Å². The van der Waals surface area contributed by atoms with Crippen LogP contribution < -0.4 is 0 Å². The van der Waals surface area contributed by atoms with E-state index in [0.717, 1.165) is 24.8 Å². The third kappa shape index (κ3) is 6.16. The molecule has 1 N–H and O–H groups in total. The van der Waals surface area contributed by atoms with E-state index in [-0.39, 0.29) is 11.5 Å². The lowest BCUT2D eigenvalue weighted by Crippen LogP contribution is -2.02. The minimum atomic E-state index is -4.14. The van der Waals surface area contributed by atoms with Crippen LogP contribution in [0.25, 0.3) is 0 Å². The Balaban J connectivity index is 2.29. The highest BCUT2D eigenvalue weighted by atomic mass is 32.2. The summed E-state index contributed by atoms with van der Waals surface area (Å²) in [5.74, 6) is 0. The van der Waals surface area contributed by atoms with E-state index in [1.807, 2.05) is 0 Å². The molecule has 0 heterocycles. The van der Waals surface area contributed by atoms with Crippen molar-refractivity contribution in [3.8, 4) is 0 Å². The Hall–Kier alpha value is -1.67. The first kappa shape index (κ1) is 15.4. The van der Waals surface area contributed by atoms with E-state index in [1.165, 1.54) is 12.1 Å². The summed E-state index contributed by atoms with van der Waals surface area (Å²) in [5.41, 5.74) is 0.947. The van der Waals surface area contributed by atoms with Crippen molar-refractivity contribution in [2.75, 3.05) is 6.61 Å². The van der Waals surface area contributed by atoms with Crippen LogP contribution in [0.5, 0.6) is 0 Å². The Kier molecular flexibility index (Phi) is 5.71.